The fourth-order valence-corrected chi connectivity index (χ4v) is 2.53. The molecule has 0 radical (unpaired) electrons. The third-order valence-corrected chi connectivity index (χ3v) is 3.75. The van der Waals surface area contributed by atoms with Crippen LogP contribution < -0.4 is 0 Å². The molecule has 2 rings (SSSR count). The van der Waals surface area contributed by atoms with E-state index in [0.717, 1.165) is 25.7 Å². The Morgan fingerprint density at radius 2 is 2.11 bits per heavy atom. The molecule has 0 amide bonds. The van der Waals surface area contributed by atoms with Crippen LogP contribution in [0.15, 0.2) is 18.2 Å². The van der Waals surface area contributed by atoms with Gasteiger partial charge in [-0.15, -0.1) is 0 Å². The van der Waals surface area contributed by atoms with E-state index in [9.17, 15) is 8.78 Å². The largest absolute Gasteiger partial charge is 0.396 e. The molecule has 1 saturated heterocycles. The highest BCUT2D eigenvalue weighted by Crippen LogP contribution is 2.17. The fourth-order valence-electron chi connectivity index (χ4n) is 2.53. The summed E-state index contributed by atoms with van der Waals surface area (Å²) in [7, 11) is 2.03. The number of rotatable bonds is 4. The Morgan fingerprint density at radius 3 is 2.84 bits per heavy atom. The van der Waals surface area contributed by atoms with Gasteiger partial charge in [-0.3, -0.25) is 4.90 Å². The number of likely N-dealkylation sites (N-methyl/N-ethyl adjacent to an activating group) is 1. The lowest BCUT2D eigenvalue weighted by Crippen LogP contribution is -2.51. The summed E-state index contributed by atoms with van der Waals surface area (Å²) in [5, 5.41) is 9.04. The molecule has 1 N–H and O–H groups in total. The summed E-state index contributed by atoms with van der Waals surface area (Å²) in [6.45, 7) is 3.04. The predicted molar refractivity (Wildman–Crippen MR) is 69.8 cm³/mol. The number of nitrogens with zero attached hydrogens (tertiary/aromatic N) is 2. The van der Waals surface area contributed by atoms with Crippen molar-refractivity contribution in [2.45, 2.75) is 19.0 Å². The number of benzene rings is 1. The monoisotopic (exact) mass is 270 g/mol. The zero-order valence-corrected chi connectivity index (χ0v) is 11.1. The van der Waals surface area contributed by atoms with Gasteiger partial charge in [0.05, 0.1) is 0 Å². The van der Waals surface area contributed by atoms with Crippen LogP contribution in [-0.2, 0) is 6.54 Å². The van der Waals surface area contributed by atoms with Crippen molar-refractivity contribution in [3.8, 4) is 0 Å². The fraction of sp³-hybridized carbons (Fsp3) is 0.571. The van der Waals surface area contributed by atoms with Crippen molar-refractivity contribution in [1.82, 2.24) is 9.80 Å². The molecule has 1 heterocycles. The van der Waals surface area contributed by atoms with E-state index in [-0.39, 0.29) is 12.6 Å². The van der Waals surface area contributed by atoms with Crippen molar-refractivity contribution in [2.75, 3.05) is 33.3 Å². The molecule has 106 valence electrons. The van der Waals surface area contributed by atoms with Crippen molar-refractivity contribution in [1.29, 1.82) is 0 Å². The van der Waals surface area contributed by atoms with Crippen LogP contribution in [0.4, 0.5) is 8.78 Å². The third-order valence-electron chi connectivity index (χ3n) is 3.75. The van der Waals surface area contributed by atoms with E-state index in [1.54, 1.807) is 6.07 Å². The third kappa shape index (κ3) is 3.49. The molecule has 0 aromatic heterocycles. The molecular formula is C14H20F2N2O. The Bertz CT molecular complexity index is 428. The zero-order chi connectivity index (χ0) is 13.8. The second-order valence-corrected chi connectivity index (χ2v) is 5.09. The molecule has 0 unspecified atom stereocenters. The van der Waals surface area contributed by atoms with Crippen LogP contribution in [0.5, 0.6) is 0 Å². The van der Waals surface area contributed by atoms with Crippen molar-refractivity contribution in [3.05, 3.63) is 35.4 Å². The molecule has 1 aliphatic rings. The summed E-state index contributed by atoms with van der Waals surface area (Å²) in [5.74, 6) is -1.54. The van der Waals surface area contributed by atoms with Gasteiger partial charge in [-0.25, -0.2) is 8.78 Å². The molecule has 1 aromatic carbocycles. The predicted octanol–water partition coefficient (Wildman–Crippen LogP) is 1.46. The van der Waals surface area contributed by atoms with Gasteiger partial charge in [-0.2, -0.15) is 0 Å². The molecule has 5 heteroatoms. The highest BCUT2D eigenvalue weighted by molar-refractivity contribution is 5.19. The van der Waals surface area contributed by atoms with Gasteiger partial charge in [0, 0.05) is 44.4 Å². The lowest BCUT2D eigenvalue weighted by Gasteiger charge is -2.39. The quantitative estimate of drug-likeness (QED) is 0.897. The summed E-state index contributed by atoms with van der Waals surface area (Å²) in [4.78, 5) is 4.31. The summed E-state index contributed by atoms with van der Waals surface area (Å²) >= 11 is 0. The number of hydrogen-bond donors (Lipinski definition) is 1. The first-order valence-electron chi connectivity index (χ1n) is 6.58. The van der Waals surface area contributed by atoms with E-state index in [1.165, 1.54) is 6.07 Å². The topological polar surface area (TPSA) is 26.7 Å². The highest BCUT2D eigenvalue weighted by Gasteiger charge is 2.24. The van der Waals surface area contributed by atoms with E-state index < -0.39 is 11.6 Å². The van der Waals surface area contributed by atoms with Crippen LogP contribution in [0.2, 0.25) is 0 Å². The molecule has 3 nitrogen and oxygen atoms in total. The summed E-state index contributed by atoms with van der Waals surface area (Å²) in [6, 6.07) is 4.57. The Balaban J connectivity index is 2.01. The van der Waals surface area contributed by atoms with E-state index in [2.05, 4.69) is 9.80 Å². The van der Waals surface area contributed by atoms with E-state index in [0.29, 0.717) is 18.5 Å². The first kappa shape index (κ1) is 14.4. The van der Waals surface area contributed by atoms with Crippen molar-refractivity contribution < 1.29 is 13.9 Å². The maximum atomic E-state index is 13.6. The van der Waals surface area contributed by atoms with Gasteiger partial charge in [0.1, 0.15) is 0 Å². The Kier molecular flexibility index (Phi) is 4.85. The van der Waals surface area contributed by atoms with Gasteiger partial charge in [0.2, 0.25) is 0 Å². The lowest BCUT2D eigenvalue weighted by molar-refractivity contribution is 0.0735. The minimum Gasteiger partial charge on any atom is -0.396 e. The van der Waals surface area contributed by atoms with Crippen molar-refractivity contribution in [3.63, 3.8) is 0 Å². The molecule has 1 fully saturated rings. The molecule has 19 heavy (non-hydrogen) atoms. The van der Waals surface area contributed by atoms with Crippen LogP contribution in [0.25, 0.3) is 0 Å². The Labute approximate surface area is 112 Å². The summed E-state index contributed by atoms with van der Waals surface area (Å²) in [5.41, 5.74) is 0.396. The number of aliphatic hydroxyl groups is 1. The van der Waals surface area contributed by atoms with Gasteiger partial charge >= 0.3 is 0 Å². The molecule has 0 spiro atoms. The molecule has 1 aliphatic heterocycles. The van der Waals surface area contributed by atoms with Crippen LogP contribution in [-0.4, -0.2) is 54.2 Å². The van der Waals surface area contributed by atoms with Gasteiger partial charge in [-0.1, -0.05) is 12.1 Å². The average molecular weight is 270 g/mol. The van der Waals surface area contributed by atoms with E-state index in [4.69, 9.17) is 5.11 Å². The highest BCUT2D eigenvalue weighted by atomic mass is 19.2. The SMILES string of the molecule is CN1CCN(Cc2cccc(F)c2F)C[C@H]1CCO. The smallest absolute Gasteiger partial charge is 0.163 e. The molecule has 1 atom stereocenters. The summed E-state index contributed by atoms with van der Waals surface area (Å²) < 4.78 is 26.8. The molecule has 0 aliphatic carbocycles. The van der Waals surface area contributed by atoms with Crippen LogP contribution in [0.3, 0.4) is 0 Å². The van der Waals surface area contributed by atoms with Gasteiger partial charge in [0.25, 0.3) is 0 Å². The minimum absolute atomic E-state index is 0.150. The standard InChI is InChI=1S/C14H20F2N2O/c1-17-6-7-18(10-12(17)5-8-19)9-11-3-2-4-13(15)14(11)16/h2-4,12,19H,5-10H2,1H3/t12-/m1/s1. The second-order valence-electron chi connectivity index (χ2n) is 5.09. The first-order chi connectivity index (χ1) is 9.11. The van der Waals surface area contributed by atoms with Crippen LogP contribution in [0, 0.1) is 11.6 Å². The van der Waals surface area contributed by atoms with Crippen molar-refractivity contribution in [2.24, 2.45) is 0 Å². The number of piperazine rings is 1. The first-order valence-corrected chi connectivity index (χ1v) is 6.58. The lowest BCUT2D eigenvalue weighted by atomic mass is 10.1. The average Bonchev–Trinajstić information content (AvgIpc) is 2.39. The molecular weight excluding hydrogens is 250 g/mol. The van der Waals surface area contributed by atoms with Gasteiger partial charge < -0.3 is 10.0 Å². The number of hydrogen-bond acceptors (Lipinski definition) is 3. The van der Waals surface area contributed by atoms with E-state index in [1.807, 2.05) is 7.05 Å². The Hall–Kier alpha value is -1.04. The second kappa shape index (κ2) is 6.41. The van der Waals surface area contributed by atoms with Crippen LogP contribution in [0.1, 0.15) is 12.0 Å². The molecule has 0 bridgehead atoms. The van der Waals surface area contributed by atoms with Gasteiger partial charge in [-0.05, 0) is 19.5 Å². The molecule has 0 saturated carbocycles. The zero-order valence-electron chi connectivity index (χ0n) is 11.1. The summed E-state index contributed by atoms with van der Waals surface area (Å²) in [6.07, 6.45) is 0.707. The van der Waals surface area contributed by atoms with Crippen molar-refractivity contribution >= 4 is 0 Å². The molecule has 1 aromatic rings. The number of aliphatic hydroxyl groups excluding tert-OH is 1. The van der Waals surface area contributed by atoms with Gasteiger partial charge in [0.15, 0.2) is 11.6 Å². The minimum atomic E-state index is -0.793. The Morgan fingerprint density at radius 1 is 1.32 bits per heavy atom. The number of halogens is 2. The maximum Gasteiger partial charge on any atom is 0.163 e. The maximum absolute atomic E-state index is 13.6. The van der Waals surface area contributed by atoms with Crippen LogP contribution >= 0.6 is 0 Å². The normalized spacial score (nSPS) is 21.8. The van der Waals surface area contributed by atoms with E-state index >= 15 is 0 Å².